The van der Waals surface area contributed by atoms with Crippen LogP contribution in [0.5, 0.6) is 0 Å². The third kappa shape index (κ3) is 2.97. The molecule has 3 heterocycles. The summed E-state index contributed by atoms with van der Waals surface area (Å²) in [5.41, 5.74) is 10.9. The summed E-state index contributed by atoms with van der Waals surface area (Å²) in [7, 11) is 0. The summed E-state index contributed by atoms with van der Waals surface area (Å²) in [4.78, 5) is 4.44. The molecule has 0 saturated carbocycles. The first-order chi connectivity index (χ1) is 20.9. The van der Waals surface area contributed by atoms with Crippen molar-refractivity contribution >= 4 is 32.6 Å². The first kappa shape index (κ1) is 23.3. The van der Waals surface area contributed by atoms with Crippen molar-refractivity contribution in [2.75, 3.05) is 6.54 Å². The summed E-state index contributed by atoms with van der Waals surface area (Å²) in [6, 6.07) is 42.3. The lowest BCUT2D eigenvalue weighted by Crippen LogP contribution is -2.31. The summed E-state index contributed by atoms with van der Waals surface area (Å²) in [5, 5.41) is 8.45. The van der Waals surface area contributed by atoms with Gasteiger partial charge in [-0.1, -0.05) is 91.0 Å². The largest absolute Gasteiger partial charge is 0.387 e. The molecule has 3 heteroatoms. The van der Waals surface area contributed by atoms with Gasteiger partial charge in [-0.05, 0) is 81.4 Å². The predicted molar refractivity (Wildman–Crippen MR) is 173 cm³/mol. The molecule has 9 rings (SSSR count). The summed E-state index contributed by atoms with van der Waals surface area (Å²) >= 11 is 0. The van der Waals surface area contributed by atoms with Crippen molar-refractivity contribution in [1.29, 1.82) is 0 Å². The fourth-order valence-electron chi connectivity index (χ4n) is 7.62. The van der Waals surface area contributed by atoms with Crippen LogP contribution in [0.25, 0.3) is 49.4 Å². The van der Waals surface area contributed by atoms with Crippen LogP contribution in [0.1, 0.15) is 16.7 Å². The molecule has 5 aromatic carbocycles. The van der Waals surface area contributed by atoms with Gasteiger partial charge in [-0.15, -0.1) is 0 Å². The van der Waals surface area contributed by atoms with Crippen LogP contribution in [0.3, 0.4) is 0 Å². The fraction of sp³-hybridized carbons (Fsp3) is 0.0513. The summed E-state index contributed by atoms with van der Waals surface area (Å²) in [5.74, 6) is 0. The van der Waals surface area contributed by atoms with Gasteiger partial charge in [-0.2, -0.15) is 0 Å². The Kier molecular flexibility index (Phi) is 4.88. The van der Waals surface area contributed by atoms with E-state index in [0.29, 0.717) is 0 Å². The minimum Gasteiger partial charge on any atom is -0.387 e. The molecular weight excluding hydrogens is 510 g/mol. The molecule has 1 atom stereocenters. The first-order valence-electron chi connectivity index (χ1n) is 14.5. The molecule has 7 aromatic rings. The number of pyridine rings is 1. The summed E-state index contributed by atoms with van der Waals surface area (Å²) in [6.45, 7) is 0.796. The number of allylic oxidation sites excluding steroid dienone is 2. The standard InChI is InChI=1S/C39H27N3/c1-2-10-29-26(8-1)9-7-15-34(29)42-35-14-6-4-12-32(35)37-36(42)17-16-31-30-11-3-5-13-33(30)39(38(31)37,27-18-22-40-23-19-27)28-20-24-41-25-21-28/h1-24,41H,25H2. The molecule has 2 aromatic heterocycles. The van der Waals surface area contributed by atoms with E-state index in [1.54, 1.807) is 0 Å². The van der Waals surface area contributed by atoms with Gasteiger partial charge in [0.05, 0.1) is 22.1 Å². The Balaban J connectivity index is 1.51. The number of fused-ring (bicyclic) bond motifs is 8. The predicted octanol–water partition coefficient (Wildman–Crippen LogP) is 8.69. The lowest BCUT2D eigenvalue weighted by atomic mass is 9.66. The number of nitrogens with one attached hydrogen (secondary N) is 1. The van der Waals surface area contributed by atoms with Gasteiger partial charge in [0, 0.05) is 35.1 Å². The third-order valence-corrected chi connectivity index (χ3v) is 9.21. The number of para-hydroxylation sites is 1. The van der Waals surface area contributed by atoms with Gasteiger partial charge in [0.25, 0.3) is 0 Å². The van der Waals surface area contributed by atoms with Crippen LogP contribution in [-0.4, -0.2) is 16.1 Å². The van der Waals surface area contributed by atoms with Gasteiger partial charge in [-0.25, -0.2) is 0 Å². The molecule has 0 saturated heterocycles. The zero-order valence-electron chi connectivity index (χ0n) is 23.0. The smallest absolute Gasteiger partial charge is 0.0719 e. The molecule has 1 unspecified atom stereocenters. The van der Waals surface area contributed by atoms with E-state index < -0.39 is 5.41 Å². The Bertz CT molecular complexity index is 2250. The molecule has 0 amide bonds. The van der Waals surface area contributed by atoms with Crippen molar-refractivity contribution in [2.45, 2.75) is 5.41 Å². The maximum absolute atomic E-state index is 4.44. The van der Waals surface area contributed by atoms with Crippen LogP contribution in [0.15, 0.2) is 152 Å². The monoisotopic (exact) mass is 537 g/mol. The minimum atomic E-state index is -0.485. The number of nitrogens with zero attached hydrogens (tertiary/aromatic N) is 2. The highest BCUT2D eigenvalue weighted by atomic mass is 15.0. The van der Waals surface area contributed by atoms with E-state index in [2.05, 4.69) is 148 Å². The molecule has 0 fully saturated rings. The molecule has 0 bridgehead atoms. The highest BCUT2D eigenvalue weighted by molar-refractivity contribution is 6.16. The Morgan fingerprint density at radius 1 is 0.667 bits per heavy atom. The zero-order chi connectivity index (χ0) is 27.7. The second kappa shape index (κ2) is 8.79. The topological polar surface area (TPSA) is 29.9 Å². The van der Waals surface area contributed by atoms with Crippen molar-refractivity contribution in [2.24, 2.45) is 0 Å². The van der Waals surface area contributed by atoms with Crippen molar-refractivity contribution in [3.63, 3.8) is 0 Å². The average Bonchev–Trinajstić information content (AvgIpc) is 3.56. The van der Waals surface area contributed by atoms with E-state index in [4.69, 9.17) is 0 Å². The second-order valence-corrected chi connectivity index (χ2v) is 11.2. The lowest BCUT2D eigenvalue weighted by Gasteiger charge is -2.36. The Hall–Kier alpha value is -5.41. The van der Waals surface area contributed by atoms with Gasteiger partial charge in [0.15, 0.2) is 0 Å². The van der Waals surface area contributed by atoms with Crippen LogP contribution < -0.4 is 5.32 Å². The van der Waals surface area contributed by atoms with Gasteiger partial charge in [0.1, 0.15) is 0 Å². The molecule has 0 spiro atoms. The van der Waals surface area contributed by atoms with Crippen molar-refractivity contribution in [3.8, 4) is 16.8 Å². The van der Waals surface area contributed by atoms with Gasteiger partial charge in [0.2, 0.25) is 0 Å². The zero-order valence-corrected chi connectivity index (χ0v) is 23.0. The molecule has 3 nitrogen and oxygen atoms in total. The number of dihydropyridines is 1. The molecule has 1 aliphatic heterocycles. The lowest BCUT2D eigenvalue weighted by molar-refractivity contribution is 0.753. The fourth-order valence-corrected chi connectivity index (χ4v) is 7.62. The molecule has 1 aliphatic carbocycles. The van der Waals surface area contributed by atoms with Gasteiger partial charge < -0.3 is 9.88 Å². The van der Waals surface area contributed by atoms with Crippen molar-refractivity contribution < 1.29 is 0 Å². The average molecular weight is 538 g/mol. The van der Waals surface area contributed by atoms with Crippen LogP contribution in [-0.2, 0) is 5.41 Å². The number of benzene rings is 5. The second-order valence-electron chi connectivity index (χ2n) is 11.2. The van der Waals surface area contributed by atoms with Gasteiger partial charge in [-0.3, -0.25) is 4.98 Å². The maximum atomic E-state index is 4.44. The van der Waals surface area contributed by atoms with Crippen molar-refractivity contribution in [3.05, 3.63) is 168 Å². The Morgan fingerprint density at radius 3 is 2.33 bits per heavy atom. The molecule has 0 radical (unpaired) electrons. The van der Waals surface area contributed by atoms with E-state index in [0.717, 1.165) is 6.54 Å². The SMILES string of the molecule is C1=CC(C2(c3ccncc3)c3ccccc3-c3ccc4c(c32)c2ccccc2n4-c2cccc3ccccc23)=CCN1. The molecule has 198 valence electrons. The van der Waals surface area contributed by atoms with E-state index in [-0.39, 0.29) is 0 Å². The van der Waals surface area contributed by atoms with Crippen LogP contribution >= 0.6 is 0 Å². The highest BCUT2D eigenvalue weighted by Gasteiger charge is 2.48. The quantitative estimate of drug-likeness (QED) is 0.244. The van der Waals surface area contributed by atoms with E-state index in [9.17, 15) is 0 Å². The Morgan fingerprint density at radius 2 is 1.45 bits per heavy atom. The minimum absolute atomic E-state index is 0.485. The third-order valence-electron chi connectivity index (χ3n) is 9.21. The van der Waals surface area contributed by atoms with E-state index in [1.807, 2.05) is 12.4 Å². The molecule has 2 aliphatic rings. The molecule has 1 N–H and O–H groups in total. The number of hydrogen-bond acceptors (Lipinski definition) is 2. The maximum Gasteiger partial charge on any atom is 0.0719 e. The highest BCUT2D eigenvalue weighted by Crippen LogP contribution is 2.59. The first-order valence-corrected chi connectivity index (χ1v) is 14.5. The number of aromatic nitrogens is 2. The van der Waals surface area contributed by atoms with Crippen LogP contribution in [0.4, 0.5) is 0 Å². The molecular formula is C39H27N3. The van der Waals surface area contributed by atoms with Crippen molar-refractivity contribution in [1.82, 2.24) is 14.9 Å². The summed E-state index contributed by atoms with van der Waals surface area (Å²) < 4.78 is 2.47. The van der Waals surface area contributed by atoms with E-state index in [1.165, 1.54) is 71.7 Å². The normalized spacial score (nSPS) is 17.3. The molecule has 42 heavy (non-hydrogen) atoms. The van der Waals surface area contributed by atoms with Gasteiger partial charge >= 0.3 is 0 Å². The van der Waals surface area contributed by atoms with Crippen LogP contribution in [0.2, 0.25) is 0 Å². The van der Waals surface area contributed by atoms with E-state index >= 15 is 0 Å². The van der Waals surface area contributed by atoms with Crippen LogP contribution in [0, 0.1) is 0 Å². The summed E-state index contributed by atoms with van der Waals surface area (Å²) in [6.07, 6.45) is 10.6. The Labute approximate surface area is 244 Å². The number of rotatable bonds is 3. The number of hydrogen-bond donors (Lipinski definition) is 1.